The molecule has 4 rings (SSSR count). The monoisotopic (exact) mass is 489 g/mol. The Morgan fingerprint density at radius 1 is 1.45 bits per heavy atom. The van der Waals surface area contributed by atoms with Crippen molar-refractivity contribution in [1.82, 2.24) is 14.8 Å². The summed E-state index contributed by atoms with van der Waals surface area (Å²) in [5, 5.41) is 24.6. The molecule has 10 nitrogen and oxygen atoms in total. The Labute approximate surface area is 198 Å². The normalized spacial score (nSPS) is 16.5. The number of nitro benzene ring substituents is 1. The van der Waals surface area contributed by atoms with Crippen LogP contribution in [-0.2, 0) is 16.1 Å². The Bertz CT molecular complexity index is 1130. The summed E-state index contributed by atoms with van der Waals surface area (Å²) < 4.78 is 13.0. The molecule has 174 valence electrons. The molecule has 12 heteroatoms. The van der Waals surface area contributed by atoms with Crippen LogP contribution in [0.25, 0.3) is 10.7 Å². The standard InChI is InChI=1S/C21H23N5O5S2/c1-13(20(27)22-16-11-14(26(28)29)7-8-17(16)30-2)33-21-24-23-19(18-6-4-10-32-18)25(21)12-15-5-3-9-31-15/h4,6-8,10-11,13,15H,3,5,9,12H2,1-2H3,(H,22,27)/t13-,15-/m1/s1. The zero-order valence-corrected chi connectivity index (χ0v) is 19.7. The van der Waals surface area contributed by atoms with Gasteiger partial charge in [0.15, 0.2) is 11.0 Å². The molecule has 3 heterocycles. The van der Waals surface area contributed by atoms with E-state index in [1.165, 1.54) is 37.1 Å². The number of thioether (sulfide) groups is 1. The minimum absolute atomic E-state index is 0.0809. The van der Waals surface area contributed by atoms with E-state index in [9.17, 15) is 14.9 Å². The molecule has 0 radical (unpaired) electrons. The number of carbonyl (C=O) groups excluding carboxylic acids is 1. The van der Waals surface area contributed by atoms with Gasteiger partial charge in [-0.15, -0.1) is 21.5 Å². The minimum atomic E-state index is -0.544. The Balaban J connectivity index is 1.53. The summed E-state index contributed by atoms with van der Waals surface area (Å²) in [4.78, 5) is 24.5. The largest absolute Gasteiger partial charge is 0.495 e. The highest BCUT2D eigenvalue weighted by atomic mass is 32.2. The smallest absolute Gasteiger partial charge is 0.271 e. The second-order valence-corrected chi connectivity index (χ2v) is 9.68. The number of ether oxygens (including phenoxy) is 2. The highest BCUT2D eigenvalue weighted by molar-refractivity contribution is 8.00. The molecule has 1 saturated heterocycles. The average molecular weight is 490 g/mol. The van der Waals surface area contributed by atoms with Crippen molar-refractivity contribution in [2.45, 2.75) is 42.8 Å². The van der Waals surface area contributed by atoms with Crippen molar-refractivity contribution in [3.8, 4) is 16.5 Å². The highest BCUT2D eigenvalue weighted by Gasteiger charge is 2.25. The first-order valence-corrected chi connectivity index (χ1v) is 12.1. The molecule has 0 bridgehead atoms. The van der Waals surface area contributed by atoms with Gasteiger partial charge in [-0.05, 0) is 37.3 Å². The highest BCUT2D eigenvalue weighted by Crippen LogP contribution is 2.33. The average Bonchev–Trinajstić information content (AvgIpc) is 3.57. The summed E-state index contributed by atoms with van der Waals surface area (Å²) in [5.41, 5.74) is 0.104. The molecule has 1 fully saturated rings. The molecule has 33 heavy (non-hydrogen) atoms. The third-order valence-corrected chi connectivity index (χ3v) is 7.12. The van der Waals surface area contributed by atoms with E-state index in [-0.39, 0.29) is 23.4 Å². The second kappa shape index (κ2) is 10.3. The van der Waals surface area contributed by atoms with Crippen molar-refractivity contribution in [1.29, 1.82) is 0 Å². The third-order valence-electron chi connectivity index (χ3n) is 5.17. The van der Waals surface area contributed by atoms with Gasteiger partial charge in [-0.3, -0.25) is 19.5 Å². The van der Waals surface area contributed by atoms with E-state index in [0.29, 0.717) is 17.5 Å². The number of benzene rings is 1. The zero-order valence-electron chi connectivity index (χ0n) is 18.1. The fourth-order valence-electron chi connectivity index (χ4n) is 3.47. The summed E-state index contributed by atoms with van der Waals surface area (Å²) in [6.07, 6.45) is 2.07. The predicted molar refractivity (Wildman–Crippen MR) is 126 cm³/mol. The number of thiophene rings is 1. The number of nitrogens with one attached hydrogen (secondary N) is 1. The van der Waals surface area contributed by atoms with Crippen LogP contribution in [-0.4, -0.2) is 50.7 Å². The van der Waals surface area contributed by atoms with Crippen molar-refractivity contribution in [2.24, 2.45) is 0 Å². The maximum atomic E-state index is 12.9. The van der Waals surface area contributed by atoms with Crippen molar-refractivity contribution in [3.63, 3.8) is 0 Å². The first-order chi connectivity index (χ1) is 16.0. The van der Waals surface area contributed by atoms with Crippen molar-refractivity contribution < 1.29 is 19.2 Å². The van der Waals surface area contributed by atoms with Crippen LogP contribution in [0.2, 0.25) is 0 Å². The predicted octanol–water partition coefficient (Wildman–Crippen LogP) is 4.22. The van der Waals surface area contributed by atoms with Gasteiger partial charge >= 0.3 is 0 Å². The number of amides is 1. The molecule has 0 spiro atoms. The van der Waals surface area contributed by atoms with E-state index in [2.05, 4.69) is 15.5 Å². The van der Waals surface area contributed by atoms with Gasteiger partial charge in [-0.25, -0.2) is 0 Å². The molecule has 0 saturated carbocycles. The van der Waals surface area contributed by atoms with Crippen LogP contribution in [0, 0.1) is 10.1 Å². The fraction of sp³-hybridized carbons (Fsp3) is 0.381. The maximum absolute atomic E-state index is 12.9. The Kier molecular flexibility index (Phi) is 7.26. The lowest BCUT2D eigenvalue weighted by molar-refractivity contribution is -0.384. The number of hydrogen-bond donors (Lipinski definition) is 1. The molecule has 1 aliphatic rings. The van der Waals surface area contributed by atoms with Crippen LogP contribution in [0.4, 0.5) is 11.4 Å². The van der Waals surface area contributed by atoms with Crippen LogP contribution >= 0.6 is 23.1 Å². The maximum Gasteiger partial charge on any atom is 0.271 e. The van der Waals surface area contributed by atoms with Gasteiger partial charge in [0, 0.05) is 18.7 Å². The molecule has 2 aromatic heterocycles. The van der Waals surface area contributed by atoms with E-state index < -0.39 is 10.2 Å². The van der Waals surface area contributed by atoms with E-state index in [1.807, 2.05) is 22.1 Å². The van der Waals surface area contributed by atoms with Crippen molar-refractivity contribution >= 4 is 40.4 Å². The molecule has 2 atom stereocenters. The summed E-state index contributed by atoms with van der Waals surface area (Å²) in [7, 11) is 1.44. The lowest BCUT2D eigenvalue weighted by Crippen LogP contribution is -2.24. The Morgan fingerprint density at radius 3 is 2.97 bits per heavy atom. The molecule has 3 aromatic rings. The molecule has 1 N–H and O–H groups in total. The molecule has 0 unspecified atom stereocenters. The molecule has 1 aromatic carbocycles. The summed E-state index contributed by atoms with van der Waals surface area (Å²) in [6, 6.07) is 8.01. The summed E-state index contributed by atoms with van der Waals surface area (Å²) in [5.74, 6) is 0.756. The number of methoxy groups -OCH3 is 1. The number of aromatic nitrogens is 3. The first-order valence-electron chi connectivity index (χ1n) is 10.3. The van der Waals surface area contributed by atoms with Gasteiger partial charge in [0.25, 0.3) is 5.69 Å². The van der Waals surface area contributed by atoms with Crippen molar-refractivity contribution in [3.05, 3.63) is 45.8 Å². The second-order valence-electron chi connectivity index (χ2n) is 7.42. The number of nitro groups is 1. The lowest BCUT2D eigenvalue weighted by Gasteiger charge is -2.16. The zero-order chi connectivity index (χ0) is 23.4. The SMILES string of the molecule is COc1ccc([N+](=O)[O-])cc1NC(=O)[C@@H](C)Sc1nnc(-c2cccs2)n1C[C@H]1CCCO1. The lowest BCUT2D eigenvalue weighted by atomic mass is 10.2. The first kappa shape index (κ1) is 23.2. The summed E-state index contributed by atoms with van der Waals surface area (Å²) in [6.45, 7) is 3.10. The fourth-order valence-corrected chi connectivity index (χ4v) is 5.05. The van der Waals surface area contributed by atoms with Gasteiger partial charge in [0.05, 0.1) is 40.5 Å². The molecular formula is C21H23N5O5S2. The third kappa shape index (κ3) is 5.34. The van der Waals surface area contributed by atoms with Gasteiger partial charge in [-0.2, -0.15) is 0 Å². The number of carbonyl (C=O) groups is 1. The number of anilines is 1. The van der Waals surface area contributed by atoms with Crippen LogP contribution < -0.4 is 10.1 Å². The number of hydrogen-bond acceptors (Lipinski definition) is 9. The van der Waals surface area contributed by atoms with Crippen molar-refractivity contribution in [2.75, 3.05) is 19.0 Å². The molecule has 1 amide bonds. The number of non-ortho nitro benzene ring substituents is 1. The van der Waals surface area contributed by atoms with Gasteiger partial charge < -0.3 is 14.8 Å². The van der Waals surface area contributed by atoms with Crippen LogP contribution in [0.1, 0.15) is 19.8 Å². The quantitative estimate of drug-likeness (QED) is 0.269. The van der Waals surface area contributed by atoms with E-state index >= 15 is 0 Å². The van der Waals surface area contributed by atoms with Gasteiger partial charge in [0.2, 0.25) is 5.91 Å². The van der Waals surface area contributed by atoms with E-state index in [1.54, 1.807) is 18.3 Å². The number of nitrogens with zero attached hydrogens (tertiary/aromatic N) is 4. The molecule has 1 aliphatic heterocycles. The van der Waals surface area contributed by atoms with Gasteiger partial charge in [0.1, 0.15) is 5.75 Å². The van der Waals surface area contributed by atoms with E-state index in [4.69, 9.17) is 9.47 Å². The topological polar surface area (TPSA) is 121 Å². The summed E-state index contributed by atoms with van der Waals surface area (Å²) >= 11 is 2.85. The molecular weight excluding hydrogens is 466 g/mol. The minimum Gasteiger partial charge on any atom is -0.495 e. The van der Waals surface area contributed by atoms with Gasteiger partial charge in [-0.1, -0.05) is 17.8 Å². The van der Waals surface area contributed by atoms with Crippen LogP contribution in [0.3, 0.4) is 0 Å². The van der Waals surface area contributed by atoms with E-state index in [0.717, 1.165) is 30.2 Å². The Morgan fingerprint density at radius 2 is 2.30 bits per heavy atom. The molecule has 0 aliphatic carbocycles. The van der Waals surface area contributed by atoms with Crippen LogP contribution in [0.15, 0.2) is 40.9 Å². The van der Waals surface area contributed by atoms with Crippen LogP contribution in [0.5, 0.6) is 5.75 Å². The Hall–Kier alpha value is -2.96. The number of rotatable bonds is 9.